The molecule has 0 heterocycles. The summed E-state index contributed by atoms with van der Waals surface area (Å²) in [7, 11) is 3.78. The average Bonchev–Trinajstić information content (AvgIpc) is 3.37. The van der Waals surface area contributed by atoms with Gasteiger partial charge < -0.3 is 10.1 Å². The van der Waals surface area contributed by atoms with E-state index in [0.29, 0.717) is 6.04 Å². The molecule has 3 rings (SSSR count). The summed E-state index contributed by atoms with van der Waals surface area (Å²) >= 11 is 0. The molecule has 0 aromatic heterocycles. The van der Waals surface area contributed by atoms with Gasteiger partial charge in [-0.2, -0.15) is 0 Å². The molecule has 3 heteroatoms. The summed E-state index contributed by atoms with van der Waals surface area (Å²) < 4.78 is 5.24. The minimum atomic E-state index is 0.417. The van der Waals surface area contributed by atoms with E-state index in [9.17, 15) is 0 Å². The first kappa shape index (κ1) is 13.9. The lowest BCUT2D eigenvalue weighted by Crippen LogP contribution is -2.36. The molecule has 0 spiro atoms. The van der Waals surface area contributed by atoms with Crippen LogP contribution in [0.1, 0.15) is 37.3 Å². The van der Waals surface area contributed by atoms with Gasteiger partial charge in [0.25, 0.3) is 0 Å². The largest absolute Gasteiger partial charge is 0.497 e. The number of benzene rings is 1. The predicted molar refractivity (Wildman–Crippen MR) is 82.1 cm³/mol. The van der Waals surface area contributed by atoms with Crippen LogP contribution in [0.4, 0.5) is 0 Å². The summed E-state index contributed by atoms with van der Waals surface area (Å²) in [6, 6.07) is 9.75. The Hall–Kier alpha value is -1.06. The van der Waals surface area contributed by atoms with Crippen molar-refractivity contribution in [2.45, 2.75) is 37.8 Å². The molecule has 2 aliphatic carbocycles. The van der Waals surface area contributed by atoms with Crippen molar-refractivity contribution in [1.82, 2.24) is 10.2 Å². The topological polar surface area (TPSA) is 24.5 Å². The number of nitrogens with zero attached hydrogens (tertiary/aromatic N) is 1. The molecule has 0 saturated heterocycles. The second-order valence-corrected chi connectivity index (χ2v) is 6.24. The zero-order valence-electron chi connectivity index (χ0n) is 12.6. The lowest BCUT2D eigenvalue weighted by molar-refractivity contribution is 0.227. The van der Waals surface area contributed by atoms with E-state index in [4.69, 9.17) is 4.74 Å². The van der Waals surface area contributed by atoms with Crippen molar-refractivity contribution >= 4 is 0 Å². The van der Waals surface area contributed by atoms with Gasteiger partial charge in [0, 0.05) is 25.2 Å². The Bertz CT molecular complexity index is 423. The molecule has 1 aromatic carbocycles. The van der Waals surface area contributed by atoms with Crippen molar-refractivity contribution in [2.75, 3.05) is 27.2 Å². The normalized spacial score (nSPS) is 20.1. The minimum Gasteiger partial charge on any atom is -0.497 e. The molecule has 1 aromatic rings. The molecule has 20 heavy (non-hydrogen) atoms. The Balaban J connectivity index is 1.64. The van der Waals surface area contributed by atoms with Gasteiger partial charge in [-0.05, 0) is 56.3 Å². The maximum Gasteiger partial charge on any atom is 0.118 e. The maximum atomic E-state index is 5.24. The second kappa shape index (κ2) is 6.15. The minimum absolute atomic E-state index is 0.417. The second-order valence-electron chi connectivity index (χ2n) is 6.24. The molecule has 2 fully saturated rings. The fourth-order valence-electron chi connectivity index (χ4n) is 2.88. The van der Waals surface area contributed by atoms with E-state index in [2.05, 4.69) is 41.5 Å². The molecule has 2 saturated carbocycles. The summed E-state index contributed by atoms with van der Waals surface area (Å²) in [6.07, 6.45) is 5.67. The molecule has 0 amide bonds. The van der Waals surface area contributed by atoms with Crippen LogP contribution in [-0.2, 0) is 0 Å². The van der Waals surface area contributed by atoms with Crippen LogP contribution in [0.15, 0.2) is 24.3 Å². The molecular weight excluding hydrogens is 248 g/mol. The van der Waals surface area contributed by atoms with Gasteiger partial charge >= 0.3 is 0 Å². The van der Waals surface area contributed by atoms with Crippen LogP contribution < -0.4 is 10.1 Å². The van der Waals surface area contributed by atoms with Gasteiger partial charge in [-0.3, -0.25) is 4.90 Å². The van der Waals surface area contributed by atoms with Crippen molar-refractivity contribution in [3.05, 3.63) is 29.8 Å². The van der Waals surface area contributed by atoms with Gasteiger partial charge in [0.15, 0.2) is 0 Å². The van der Waals surface area contributed by atoms with E-state index in [1.807, 2.05) is 0 Å². The summed E-state index contributed by atoms with van der Waals surface area (Å²) in [6.45, 7) is 2.43. The lowest BCUT2D eigenvalue weighted by atomic mass is 10.1. The van der Waals surface area contributed by atoms with Crippen molar-refractivity contribution < 1.29 is 4.74 Å². The Labute approximate surface area is 122 Å². The number of ether oxygens (including phenoxy) is 1. The molecule has 3 nitrogen and oxygen atoms in total. The first-order chi connectivity index (χ1) is 9.80. The van der Waals surface area contributed by atoms with Gasteiger partial charge in [-0.1, -0.05) is 12.1 Å². The lowest BCUT2D eigenvalue weighted by Gasteiger charge is -2.27. The van der Waals surface area contributed by atoms with Crippen molar-refractivity contribution in [1.29, 1.82) is 0 Å². The first-order valence-corrected chi connectivity index (χ1v) is 7.85. The van der Waals surface area contributed by atoms with E-state index in [1.54, 1.807) is 7.11 Å². The van der Waals surface area contributed by atoms with Crippen molar-refractivity contribution in [3.63, 3.8) is 0 Å². The van der Waals surface area contributed by atoms with Crippen LogP contribution in [0.5, 0.6) is 5.75 Å². The van der Waals surface area contributed by atoms with E-state index in [-0.39, 0.29) is 0 Å². The SMILES string of the molecule is CNC(CN(CC1CC1)C1CC1)c1ccc(OC)cc1. The summed E-state index contributed by atoms with van der Waals surface area (Å²) in [5, 5.41) is 3.48. The van der Waals surface area contributed by atoms with Gasteiger partial charge in [0.2, 0.25) is 0 Å². The van der Waals surface area contributed by atoms with Crippen LogP contribution in [0.25, 0.3) is 0 Å². The number of methoxy groups -OCH3 is 1. The number of rotatable bonds is 8. The fraction of sp³-hybridized carbons (Fsp3) is 0.647. The van der Waals surface area contributed by atoms with E-state index in [0.717, 1.165) is 24.3 Å². The van der Waals surface area contributed by atoms with Crippen LogP contribution >= 0.6 is 0 Å². The predicted octanol–water partition coefficient (Wildman–Crippen LogP) is 2.83. The van der Waals surface area contributed by atoms with Gasteiger partial charge in [0.05, 0.1) is 7.11 Å². The third-order valence-electron chi connectivity index (χ3n) is 4.54. The maximum absolute atomic E-state index is 5.24. The highest BCUT2D eigenvalue weighted by molar-refractivity contribution is 5.29. The number of likely N-dealkylation sites (N-methyl/N-ethyl adjacent to an activating group) is 1. The van der Waals surface area contributed by atoms with E-state index in [1.165, 1.54) is 37.8 Å². The zero-order valence-corrected chi connectivity index (χ0v) is 12.6. The summed E-state index contributed by atoms with van der Waals surface area (Å²) in [4.78, 5) is 2.71. The quantitative estimate of drug-likeness (QED) is 0.789. The van der Waals surface area contributed by atoms with Crippen LogP contribution in [0.2, 0.25) is 0 Å². The number of hydrogen-bond donors (Lipinski definition) is 1. The third-order valence-corrected chi connectivity index (χ3v) is 4.54. The Morgan fingerprint density at radius 3 is 2.40 bits per heavy atom. The summed E-state index contributed by atoms with van der Waals surface area (Å²) in [5.41, 5.74) is 1.36. The standard InChI is InChI=1S/C17H26N2O/c1-18-17(14-5-9-16(20-2)10-6-14)12-19(15-7-8-15)11-13-3-4-13/h5-6,9-10,13,15,17-18H,3-4,7-8,11-12H2,1-2H3. The van der Waals surface area contributed by atoms with Crippen LogP contribution in [-0.4, -0.2) is 38.2 Å². The Morgan fingerprint density at radius 1 is 1.20 bits per heavy atom. The van der Waals surface area contributed by atoms with Gasteiger partial charge in [0.1, 0.15) is 5.75 Å². The Kier molecular flexibility index (Phi) is 4.27. The van der Waals surface area contributed by atoms with Crippen LogP contribution in [0, 0.1) is 5.92 Å². The molecule has 0 aliphatic heterocycles. The van der Waals surface area contributed by atoms with Crippen molar-refractivity contribution in [2.24, 2.45) is 5.92 Å². The molecule has 1 N–H and O–H groups in total. The molecule has 1 atom stereocenters. The fourth-order valence-corrected chi connectivity index (χ4v) is 2.88. The molecule has 0 radical (unpaired) electrons. The van der Waals surface area contributed by atoms with E-state index < -0.39 is 0 Å². The zero-order chi connectivity index (χ0) is 13.9. The highest BCUT2D eigenvalue weighted by atomic mass is 16.5. The highest BCUT2D eigenvalue weighted by Crippen LogP contribution is 2.35. The summed E-state index contributed by atoms with van der Waals surface area (Å²) in [5.74, 6) is 1.91. The van der Waals surface area contributed by atoms with E-state index >= 15 is 0 Å². The highest BCUT2D eigenvalue weighted by Gasteiger charge is 2.34. The molecule has 2 aliphatic rings. The smallest absolute Gasteiger partial charge is 0.118 e. The van der Waals surface area contributed by atoms with Gasteiger partial charge in [-0.15, -0.1) is 0 Å². The number of hydrogen-bond acceptors (Lipinski definition) is 3. The first-order valence-electron chi connectivity index (χ1n) is 7.85. The van der Waals surface area contributed by atoms with Crippen molar-refractivity contribution in [3.8, 4) is 5.75 Å². The molecule has 1 unspecified atom stereocenters. The van der Waals surface area contributed by atoms with Crippen LogP contribution in [0.3, 0.4) is 0 Å². The monoisotopic (exact) mass is 274 g/mol. The molecular formula is C17H26N2O. The molecule has 0 bridgehead atoms. The Morgan fingerprint density at radius 2 is 1.90 bits per heavy atom. The number of nitrogens with one attached hydrogen (secondary N) is 1. The van der Waals surface area contributed by atoms with Gasteiger partial charge in [-0.25, -0.2) is 0 Å². The third kappa shape index (κ3) is 3.53. The molecule has 110 valence electrons. The average molecular weight is 274 g/mol.